The zero-order valence-corrected chi connectivity index (χ0v) is 8.31. The molecule has 15 heavy (non-hydrogen) atoms. The standard InChI is InChI=1S/C11H10N4/c1-7-13-6-10-11(12)14-8-4-2-3-5-9(8)15(7)10/h2-6H,1H3,(H2,12,14). The molecule has 0 fully saturated rings. The average Bonchev–Trinajstić information content (AvgIpc) is 2.62. The van der Waals surface area contributed by atoms with Gasteiger partial charge in [0.05, 0.1) is 17.2 Å². The number of nitrogens with zero attached hydrogens (tertiary/aromatic N) is 3. The fraction of sp³-hybridized carbons (Fsp3) is 0.0909. The maximum atomic E-state index is 5.86. The van der Waals surface area contributed by atoms with Gasteiger partial charge in [0, 0.05) is 0 Å². The van der Waals surface area contributed by atoms with Crippen molar-refractivity contribution >= 4 is 22.4 Å². The van der Waals surface area contributed by atoms with Gasteiger partial charge in [-0.25, -0.2) is 9.97 Å². The molecule has 2 N–H and O–H groups in total. The molecule has 74 valence electrons. The Bertz CT molecular complexity index is 654. The van der Waals surface area contributed by atoms with Crippen LogP contribution in [0.3, 0.4) is 0 Å². The Morgan fingerprint density at radius 1 is 1.20 bits per heavy atom. The summed E-state index contributed by atoms with van der Waals surface area (Å²) in [5, 5.41) is 0. The van der Waals surface area contributed by atoms with Crippen molar-refractivity contribution in [1.82, 2.24) is 14.4 Å². The average molecular weight is 198 g/mol. The van der Waals surface area contributed by atoms with Crippen molar-refractivity contribution in [2.45, 2.75) is 6.92 Å². The highest BCUT2D eigenvalue weighted by atomic mass is 15.1. The predicted molar refractivity (Wildman–Crippen MR) is 59.6 cm³/mol. The summed E-state index contributed by atoms with van der Waals surface area (Å²) in [6, 6.07) is 7.90. The number of anilines is 1. The van der Waals surface area contributed by atoms with Gasteiger partial charge >= 0.3 is 0 Å². The Labute approximate surface area is 86.4 Å². The third-order valence-corrected chi connectivity index (χ3v) is 2.56. The topological polar surface area (TPSA) is 56.2 Å². The molecule has 0 unspecified atom stereocenters. The van der Waals surface area contributed by atoms with E-state index in [-0.39, 0.29) is 0 Å². The van der Waals surface area contributed by atoms with E-state index in [2.05, 4.69) is 9.97 Å². The lowest BCUT2D eigenvalue weighted by molar-refractivity contribution is 1.07. The molecule has 0 atom stereocenters. The van der Waals surface area contributed by atoms with E-state index in [1.54, 1.807) is 6.20 Å². The minimum atomic E-state index is 0.523. The van der Waals surface area contributed by atoms with E-state index in [0.717, 1.165) is 22.4 Å². The molecule has 0 spiro atoms. The van der Waals surface area contributed by atoms with Gasteiger partial charge in [-0.3, -0.25) is 4.40 Å². The van der Waals surface area contributed by atoms with E-state index >= 15 is 0 Å². The Hall–Kier alpha value is -2.10. The fourth-order valence-corrected chi connectivity index (χ4v) is 1.86. The number of aryl methyl sites for hydroxylation is 1. The maximum absolute atomic E-state index is 5.86. The molecule has 1 aromatic carbocycles. The van der Waals surface area contributed by atoms with Gasteiger partial charge < -0.3 is 5.73 Å². The smallest absolute Gasteiger partial charge is 0.150 e. The number of fused-ring (bicyclic) bond motifs is 3. The quantitative estimate of drug-likeness (QED) is 0.599. The number of hydrogen-bond donors (Lipinski definition) is 1. The first-order chi connectivity index (χ1) is 7.27. The number of imidazole rings is 1. The Kier molecular flexibility index (Phi) is 1.48. The highest BCUT2D eigenvalue weighted by molar-refractivity contribution is 5.83. The summed E-state index contributed by atoms with van der Waals surface area (Å²) in [6.45, 7) is 1.96. The molecule has 2 heterocycles. The van der Waals surface area contributed by atoms with E-state index in [9.17, 15) is 0 Å². The van der Waals surface area contributed by atoms with Crippen molar-refractivity contribution in [2.24, 2.45) is 0 Å². The molecule has 0 amide bonds. The zero-order valence-electron chi connectivity index (χ0n) is 8.31. The molecular formula is C11H10N4. The molecule has 3 aromatic rings. The van der Waals surface area contributed by atoms with Crippen molar-refractivity contribution < 1.29 is 0 Å². The van der Waals surface area contributed by atoms with Crippen molar-refractivity contribution in [3.05, 3.63) is 36.3 Å². The first-order valence-electron chi connectivity index (χ1n) is 4.75. The van der Waals surface area contributed by atoms with Gasteiger partial charge in [0.15, 0.2) is 0 Å². The number of benzene rings is 1. The minimum absolute atomic E-state index is 0.523. The van der Waals surface area contributed by atoms with Crippen LogP contribution < -0.4 is 5.73 Å². The van der Waals surface area contributed by atoms with Gasteiger partial charge in [0.1, 0.15) is 17.2 Å². The van der Waals surface area contributed by atoms with Crippen LogP contribution in [0, 0.1) is 6.92 Å². The van der Waals surface area contributed by atoms with E-state index in [1.807, 2.05) is 35.6 Å². The van der Waals surface area contributed by atoms with Crippen LogP contribution in [0.2, 0.25) is 0 Å². The summed E-state index contributed by atoms with van der Waals surface area (Å²) < 4.78 is 2.03. The molecule has 0 saturated carbocycles. The van der Waals surface area contributed by atoms with Gasteiger partial charge in [0.2, 0.25) is 0 Å². The molecular weight excluding hydrogens is 188 g/mol. The Morgan fingerprint density at radius 2 is 2.00 bits per heavy atom. The lowest BCUT2D eigenvalue weighted by atomic mass is 10.3. The van der Waals surface area contributed by atoms with Gasteiger partial charge in [-0.05, 0) is 19.1 Å². The number of rotatable bonds is 0. The lowest BCUT2D eigenvalue weighted by Crippen LogP contribution is -1.98. The molecule has 0 aliphatic rings. The predicted octanol–water partition coefficient (Wildman–Crippen LogP) is 1.77. The van der Waals surface area contributed by atoms with Gasteiger partial charge in [-0.1, -0.05) is 12.1 Å². The highest BCUT2D eigenvalue weighted by Crippen LogP contribution is 2.20. The van der Waals surface area contributed by atoms with Crippen LogP contribution in [0.1, 0.15) is 5.82 Å². The van der Waals surface area contributed by atoms with Crippen molar-refractivity contribution in [3.63, 3.8) is 0 Å². The van der Waals surface area contributed by atoms with Crippen LogP contribution in [0.15, 0.2) is 30.5 Å². The lowest BCUT2D eigenvalue weighted by Gasteiger charge is -2.04. The summed E-state index contributed by atoms with van der Waals surface area (Å²) in [4.78, 5) is 8.58. The van der Waals surface area contributed by atoms with E-state index < -0.39 is 0 Å². The Balaban J connectivity index is 2.67. The van der Waals surface area contributed by atoms with Gasteiger partial charge in [-0.2, -0.15) is 0 Å². The molecule has 0 aliphatic carbocycles. The van der Waals surface area contributed by atoms with Crippen LogP contribution in [-0.4, -0.2) is 14.4 Å². The first kappa shape index (κ1) is 8.23. The normalized spacial score (nSPS) is 11.3. The second-order valence-corrected chi connectivity index (χ2v) is 3.51. The van der Waals surface area contributed by atoms with Crippen LogP contribution >= 0.6 is 0 Å². The second kappa shape index (κ2) is 2.70. The number of nitrogen functional groups attached to an aromatic ring is 1. The first-order valence-corrected chi connectivity index (χ1v) is 4.75. The number of nitrogens with two attached hydrogens (primary N) is 1. The summed E-state index contributed by atoms with van der Waals surface area (Å²) in [6.07, 6.45) is 1.75. The molecule has 0 bridgehead atoms. The van der Waals surface area contributed by atoms with Gasteiger partial charge in [-0.15, -0.1) is 0 Å². The molecule has 2 aromatic heterocycles. The number of hydrogen-bond acceptors (Lipinski definition) is 3. The number of para-hydroxylation sites is 2. The molecule has 4 heteroatoms. The van der Waals surface area contributed by atoms with E-state index in [1.165, 1.54) is 0 Å². The summed E-state index contributed by atoms with van der Waals surface area (Å²) in [5.74, 6) is 1.45. The number of aromatic nitrogens is 3. The maximum Gasteiger partial charge on any atom is 0.150 e. The molecule has 0 aliphatic heterocycles. The summed E-state index contributed by atoms with van der Waals surface area (Å²) in [5.41, 5.74) is 8.66. The SMILES string of the molecule is Cc1ncc2c(N)nc3ccccc3n12. The largest absolute Gasteiger partial charge is 0.382 e. The second-order valence-electron chi connectivity index (χ2n) is 3.51. The fourth-order valence-electron chi connectivity index (χ4n) is 1.86. The molecule has 0 radical (unpaired) electrons. The monoisotopic (exact) mass is 198 g/mol. The van der Waals surface area contributed by atoms with E-state index in [0.29, 0.717) is 5.82 Å². The zero-order chi connectivity index (χ0) is 10.4. The van der Waals surface area contributed by atoms with E-state index in [4.69, 9.17) is 5.73 Å². The minimum Gasteiger partial charge on any atom is -0.382 e. The molecule has 3 rings (SSSR count). The third-order valence-electron chi connectivity index (χ3n) is 2.56. The van der Waals surface area contributed by atoms with Crippen LogP contribution in [0.4, 0.5) is 5.82 Å². The Morgan fingerprint density at radius 3 is 2.87 bits per heavy atom. The third kappa shape index (κ3) is 1.01. The molecule has 0 saturated heterocycles. The van der Waals surface area contributed by atoms with Crippen LogP contribution in [0.5, 0.6) is 0 Å². The van der Waals surface area contributed by atoms with Crippen LogP contribution in [0.25, 0.3) is 16.6 Å². The summed E-state index contributed by atoms with van der Waals surface area (Å²) >= 11 is 0. The van der Waals surface area contributed by atoms with Gasteiger partial charge in [0.25, 0.3) is 0 Å². The summed E-state index contributed by atoms with van der Waals surface area (Å²) in [7, 11) is 0. The van der Waals surface area contributed by atoms with Crippen molar-refractivity contribution in [1.29, 1.82) is 0 Å². The van der Waals surface area contributed by atoms with Crippen LogP contribution in [-0.2, 0) is 0 Å². The van der Waals surface area contributed by atoms with Crippen molar-refractivity contribution in [2.75, 3.05) is 5.73 Å². The molecule has 4 nitrogen and oxygen atoms in total. The highest BCUT2D eigenvalue weighted by Gasteiger charge is 2.07. The van der Waals surface area contributed by atoms with Crippen molar-refractivity contribution in [3.8, 4) is 0 Å².